The van der Waals surface area contributed by atoms with Crippen molar-refractivity contribution >= 4 is 24.2 Å². The van der Waals surface area contributed by atoms with Gasteiger partial charge in [0.05, 0.1) is 0 Å². The number of carbonyl (C=O) groups excluding carboxylic acids is 2. The van der Waals surface area contributed by atoms with Crippen molar-refractivity contribution in [2.24, 2.45) is 17.6 Å². The van der Waals surface area contributed by atoms with E-state index >= 15 is 0 Å². The van der Waals surface area contributed by atoms with E-state index in [9.17, 15) is 9.59 Å². The molecular weight excluding hydrogens is 374 g/mol. The fraction of sp³-hybridized carbons (Fsp3) is 0.636. The van der Waals surface area contributed by atoms with E-state index in [0.717, 1.165) is 24.0 Å². The molecule has 2 N–H and O–H groups in total. The highest BCUT2D eigenvalue weighted by atomic mass is 35.5. The SMILES string of the molecule is CCC(C)C(=O)N1Cc2ccccc2CC1C(=O)N(C)CCC(N)C(C)C.Cl. The van der Waals surface area contributed by atoms with Crippen LogP contribution in [-0.4, -0.2) is 47.3 Å². The Labute approximate surface area is 176 Å². The van der Waals surface area contributed by atoms with Crippen LogP contribution in [0.3, 0.4) is 0 Å². The molecule has 0 bridgehead atoms. The van der Waals surface area contributed by atoms with Crippen molar-refractivity contribution in [2.45, 2.75) is 65.6 Å². The molecule has 0 saturated heterocycles. The van der Waals surface area contributed by atoms with E-state index in [1.807, 2.05) is 33.0 Å². The molecule has 0 saturated carbocycles. The van der Waals surface area contributed by atoms with Gasteiger partial charge in [-0.3, -0.25) is 9.59 Å². The fourth-order valence-corrected chi connectivity index (χ4v) is 3.47. The van der Waals surface area contributed by atoms with Crippen LogP contribution in [-0.2, 0) is 22.6 Å². The molecule has 1 aromatic carbocycles. The van der Waals surface area contributed by atoms with Crippen molar-refractivity contribution in [3.05, 3.63) is 35.4 Å². The van der Waals surface area contributed by atoms with E-state index in [4.69, 9.17) is 5.73 Å². The van der Waals surface area contributed by atoms with Gasteiger partial charge >= 0.3 is 0 Å². The molecule has 28 heavy (non-hydrogen) atoms. The molecule has 3 atom stereocenters. The first-order chi connectivity index (χ1) is 12.8. The standard InChI is InChI=1S/C22H35N3O2.ClH/c1-6-16(4)21(26)25-14-18-10-8-7-9-17(18)13-20(25)22(27)24(5)12-11-19(23)15(2)3;/h7-10,15-16,19-20H,6,11-14,23H2,1-5H3;1H. The first-order valence-electron chi connectivity index (χ1n) is 10.1. The molecule has 0 aromatic heterocycles. The Morgan fingerprint density at radius 3 is 2.39 bits per heavy atom. The normalized spacial score (nSPS) is 18.1. The molecule has 0 fully saturated rings. The number of benzene rings is 1. The van der Waals surface area contributed by atoms with Crippen LogP contribution in [0.1, 0.15) is 51.7 Å². The average Bonchev–Trinajstić information content (AvgIpc) is 2.68. The fourth-order valence-electron chi connectivity index (χ4n) is 3.47. The number of halogens is 1. The summed E-state index contributed by atoms with van der Waals surface area (Å²) in [6.07, 6.45) is 2.12. The Morgan fingerprint density at radius 2 is 1.82 bits per heavy atom. The van der Waals surface area contributed by atoms with Crippen LogP contribution in [0.5, 0.6) is 0 Å². The third kappa shape index (κ3) is 5.71. The van der Waals surface area contributed by atoms with Crippen LogP contribution in [0.4, 0.5) is 0 Å². The number of nitrogens with two attached hydrogens (primary N) is 1. The number of carbonyl (C=O) groups is 2. The maximum absolute atomic E-state index is 13.2. The minimum atomic E-state index is -0.429. The van der Waals surface area contributed by atoms with E-state index in [2.05, 4.69) is 26.0 Å². The summed E-state index contributed by atoms with van der Waals surface area (Å²) in [5, 5.41) is 0. The van der Waals surface area contributed by atoms with Gasteiger partial charge in [0, 0.05) is 38.5 Å². The second-order valence-electron chi connectivity index (χ2n) is 8.22. The van der Waals surface area contributed by atoms with Crippen LogP contribution in [0.15, 0.2) is 24.3 Å². The number of likely N-dealkylation sites (N-methyl/N-ethyl adjacent to an activating group) is 1. The Morgan fingerprint density at radius 1 is 1.21 bits per heavy atom. The third-order valence-corrected chi connectivity index (χ3v) is 5.88. The van der Waals surface area contributed by atoms with Crippen molar-refractivity contribution < 1.29 is 9.59 Å². The first kappa shape index (κ1) is 24.4. The average molecular weight is 410 g/mol. The molecule has 158 valence electrons. The highest BCUT2D eigenvalue weighted by molar-refractivity contribution is 5.89. The second-order valence-corrected chi connectivity index (χ2v) is 8.22. The summed E-state index contributed by atoms with van der Waals surface area (Å²) in [4.78, 5) is 29.7. The van der Waals surface area contributed by atoms with Crippen LogP contribution >= 0.6 is 12.4 Å². The van der Waals surface area contributed by atoms with Gasteiger partial charge in [-0.1, -0.05) is 52.0 Å². The van der Waals surface area contributed by atoms with Gasteiger partial charge in [0.1, 0.15) is 6.04 Å². The zero-order valence-electron chi connectivity index (χ0n) is 17.9. The van der Waals surface area contributed by atoms with Gasteiger partial charge < -0.3 is 15.5 Å². The molecule has 6 heteroatoms. The summed E-state index contributed by atoms with van der Waals surface area (Å²) in [5.74, 6) is 0.388. The molecule has 2 amide bonds. The molecule has 1 aromatic rings. The Bertz CT molecular complexity index is 665. The van der Waals surface area contributed by atoms with Crippen molar-refractivity contribution in [3.8, 4) is 0 Å². The predicted molar refractivity (Wildman–Crippen MR) is 116 cm³/mol. The Balaban J connectivity index is 0.00000392. The van der Waals surface area contributed by atoms with Gasteiger partial charge in [-0.25, -0.2) is 0 Å². The largest absolute Gasteiger partial charge is 0.344 e. The van der Waals surface area contributed by atoms with Crippen molar-refractivity contribution in [2.75, 3.05) is 13.6 Å². The van der Waals surface area contributed by atoms with Crippen LogP contribution < -0.4 is 5.73 Å². The monoisotopic (exact) mass is 409 g/mol. The van der Waals surface area contributed by atoms with E-state index in [0.29, 0.717) is 25.4 Å². The summed E-state index contributed by atoms with van der Waals surface area (Å²) >= 11 is 0. The van der Waals surface area contributed by atoms with Gasteiger partial charge in [-0.15, -0.1) is 12.4 Å². The summed E-state index contributed by atoms with van der Waals surface area (Å²) in [6.45, 7) is 9.26. The van der Waals surface area contributed by atoms with E-state index < -0.39 is 6.04 Å². The summed E-state index contributed by atoms with van der Waals surface area (Å²) in [6, 6.07) is 7.75. The lowest BCUT2D eigenvalue weighted by atomic mass is 9.91. The van der Waals surface area contributed by atoms with E-state index in [-0.39, 0.29) is 36.2 Å². The highest BCUT2D eigenvalue weighted by Crippen LogP contribution is 2.26. The summed E-state index contributed by atoms with van der Waals surface area (Å²) in [5.41, 5.74) is 8.44. The lowest BCUT2D eigenvalue weighted by Gasteiger charge is -2.39. The maximum Gasteiger partial charge on any atom is 0.245 e. The van der Waals surface area contributed by atoms with E-state index in [1.54, 1.807) is 9.80 Å². The summed E-state index contributed by atoms with van der Waals surface area (Å²) in [7, 11) is 1.82. The molecular formula is C22H36ClN3O2. The number of fused-ring (bicyclic) bond motifs is 1. The minimum absolute atomic E-state index is 0. The Kier molecular flexibility index (Phi) is 9.45. The molecule has 3 unspecified atom stereocenters. The topological polar surface area (TPSA) is 66.6 Å². The molecule has 1 heterocycles. The van der Waals surface area contributed by atoms with Gasteiger partial charge in [0.15, 0.2) is 0 Å². The molecule has 1 aliphatic heterocycles. The highest BCUT2D eigenvalue weighted by Gasteiger charge is 2.37. The number of hydrogen-bond acceptors (Lipinski definition) is 3. The molecule has 2 rings (SSSR count). The van der Waals surface area contributed by atoms with Crippen LogP contribution in [0.2, 0.25) is 0 Å². The predicted octanol–water partition coefficient (Wildman–Crippen LogP) is 3.24. The number of amides is 2. The molecule has 5 nitrogen and oxygen atoms in total. The smallest absolute Gasteiger partial charge is 0.245 e. The second kappa shape index (κ2) is 10.8. The van der Waals surface area contributed by atoms with Crippen LogP contribution in [0, 0.1) is 11.8 Å². The number of hydrogen-bond donors (Lipinski definition) is 1. The molecule has 0 radical (unpaired) electrons. The van der Waals surface area contributed by atoms with Gasteiger partial charge in [0.2, 0.25) is 11.8 Å². The molecule has 0 spiro atoms. The van der Waals surface area contributed by atoms with Gasteiger partial charge in [-0.05, 0) is 29.9 Å². The van der Waals surface area contributed by atoms with Gasteiger partial charge in [-0.2, -0.15) is 0 Å². The number of rotatable bonds is 7. The van der Waals surface area contributed by atoms with Crippen molar-refractivity contribution in [3.63, 3.8) is 0 Å². The van der Waals surface area contributed by atoms with Crippen molar-refractivity contribution in [1.29, 1.82) is 0 Å². The third-order valence-electron chi connectivity index (χ3n) is 5.88. The quantitative estimate of drug-likeness (QED) is 0.751. The minimum Gasteiger partial charge on any atom is -0.344 e. The Hall–Kier alpha value is -1.59. The van der Waals surface area contributed by atoms with Crippen LogP contribution in [0.25, 0.3) is 0 Å². The maximum atomic E-state index is 13.2. The van der Waals surface area contributed by atoms with E-state index in [1.165, 1.54) is 0 Å². The molecule has 1 aliphatic rings. The summed E-state index contributed by atoms with van der Waals surface area (Å²) < 4.78 is 0. The molecule has 0 aliphatic carbocycles. The first-order valence-corrected chi connectivity index (χ1v) is 10.1. The lowest BCUT2D eigenvalue weighted by molar-refractivity contribution is -0.148. The zero-order valence-corrected chi connectivity index (χ0v) is 18.7. The lowest BCUT2D eigenvalue weighted by Crippen LogP contribution is -2.54. The number of nitrogens with zero attached hydrogens (tertiary/aromatic N) is 2. The van der Waals surface area contributed by atoms with Crippen molar-refractivity contribution in [1.82, 2.24) is 9.80 Å². The van der Waals surface area contributed by atoms with Gasteiger partial charge in [0.25, 0.3) is 0 Å². The zero-order chi connectivity index (χ0) is 20.1.